The minimum atomic E-state index is -0.426. The van der Waals surface area contributed by atoms with E-state index in [1.54, 1.807) is 7.11 Å². The van der Waals surface area contributed by atoms with Crippen LogP contribution in [0.1, 0.15) is 44.1 Å². The van der Waals surface area contributed by atoms with E-state index in [1.165, 1.54) is 6.42 Å². The van der Waals surface area contributed by atoms with E-state index in [4.69, 9.17) is 21.1 Å². The molecular formula is C21H28ClNO3. The van der Waals surface area contributed by atoms with Gasteiger partial charge in [-0.2, -0.15) is 0 Å². The molecule has 3 fully saturated rings. The lowest BCUT2D eigenvalue weighted by Crippen LogP contribution is -2.65. The van der Waals surface area contributed by atoms with Gasteiger partial charge in [-0.15, -0.1) is 0 Å². The van der Waals surface area contributed by atoms with E-state index in [0.29, 0.717) is 17.5 Å². The van der Waals surface area contributed by atoms with Crippen molar-refractivity contribution in [3.8, 4) is 0 Å². The van der Waals surface area contributed by atoms with Gasteiger partial charge in [0.25, 0.3) is 0 Å². The highest BCUT2D eigenvalue weighted by Crippen LogP contribution is 2.45. The highest BCUT2D eigenvalue weighted by Gasteiger charge is 2.55. The van der Waals surface area contributed by atoms with E-state index >= 15 is 0 Å². The first kappa shape index (κ1) is 18.3. The molecule has 1 amide bonds. The largest absolute Gasteiger partial charge is 0.384 e. The number of carbonyl (C=O) groups excluding carboxylic acids is 1. The Morgan fingerprint density at radius 3 is 2.69 bits per heavy atom. The molecule has 4 rings (SSSR count). The number of rotatable bonds is 5. The zero-order chi connectivity index (χ0) is 18.1. The molecule has 26 heavy (non-hydrogen) atoms. The average molecular weight is 378 g/mol. The molecule has 0 unspecified atom stereocenters. The van der Waals surface area contributed by atoms with Gasteiger partial charge in [-0.25, -0.2) is 0 Å². The van der Waals surface area contributed by atoms with Crippen LogP contribution >= 0.6 is 11.6 Å². The Morgan fingerprint density at radius 1 is 1.27 bits per heavy atom. The number of hydrogen-bond donors (Lipinski definition) is 1. The highest BCUT2D eigenvalue weighted by molar-refractivity contribution is 6.30. The van der Waals surface area contributed by atoms with Gasteiger partial charge in [0.1, 0.15) is 0 Å². The Morgan fingerprint density at radius 2 is 2.00 bits per heavy atom. The Bertz CT molecular complexity index is 641. The Balaban J connectivity index is 1.56. The molecule has 2 aliphatic carbocycles. The second kappa shape index (κ2) is 7.49. The summed E-state index contributed by atoms with van der Waals surface area (Å²) >= 11 is 6.08. The number of methoxy groups -OCH3 is 1. The van der Waals surface area contributed by atoms with Gasteiger partial charge >= 0.3 is 0 Å². The monoisotopic (exact) mass is 377 g/mol. The molecule has 4 nitrogen and oxygen atoms in total. The minimum Gasteiger partial charge on any atom is -0.384 e. The molecule has 0 spiro atoms. The number of fused-ring (bicyclic) bond motifs is 1. The summed E-state index contributed by atoms with van der Waals surface area (Å²) in [7, 11) is 1.72. The van der Waals surface area contributed by atoms with Crippen molar-refractivity contribution in [1.82, 2.24) is 5.32 Å². The van der Waals surface area contributed by atoms with Crippen LogP contribution in [-0.4, -0.2) is 38.4 Å². The molecular weight excluding hydrogens is 350 g/mol. The first-order valence-electron chi connectivity index (χ1n) is 9.83. The smallest absolute Gasteiger partial charge is 0.230 e. The lowest BCUT2D eigenvalue weighted by atomic mass is 9.65. The lowest BCUT2D eigenvalue weighted by molar-refractivity contribution is -0.136. The molecule has 1 N–H and O–H groups in total. The minimum absolute atomic E-state index is 0.168. The molecule has 1 saturated heterocycles. The molecule has 5 heteroatoms. The maximum atomic E-state index is 13.5. The standard InChI is InChI=1S/C21H28ClNO3/c1-25-13-17-18(16-9-12-26-19(16)17)23-20(24)21(10-3-2-4-11-21)14-5-7-15(22)8-6-14/h5-8,16-19H,2-4,9-13H2,1H3,(H,23,24)/t16-,17+,18-,19-/m1/s1. The third-order valence-electron chi connectivity index (χ3n) is 6.72. The molecule has 2 saturated carbocycles. The summed E-state index contributed by atoms with van der Waals surface area (Å²) < 4.78 is 11.2. The van der Waals surface area contributed by atoms with E-state index in [2.05, 4.69) is 5.32 Å². The number of ether oxygens (including phenoxy) is 2. The first-order chi connectivity index (χ1) is 12.7. The SMILES string of the molecule is COC[C@H]1[C@H](NC(=O)C2(c3ccc(Cl)cc3)CCCCC2)[C@H]2CCO[C@H]21. The van der Waals surface area contributed by atoms with Crippen molar-refractivity contribution in [2.24, 2.45) is 11.8 Å². The predicted octanol–water partition coefficient (Wildman–Crippen LogP) is 3.71. The average Bonchev–Trinajstić information content (AvgIpc) is 3.09. The number of amides is 1. The van der Waals surface area contributed by atoms with Gasteiger partial charge in [-0.1, -0.05) is 43.0 Å². The fourth-order valence-electron chi connectivity index (χ4n) is 5.30. The van der Waals surface area contributed by atoms with Crippen molar-refractivity contribution in [2.45, 2.75) is 56.1 Å². The van der Waals surface area contributed by atoms with Gasteiger partial charge in [-0.3, -0.25) is 4.79 Å². The third kappa shape index (κ3) is 3.06. The van der Waals surface area contributed by atoms with Crippen LogP contribution in [0.5, 0.6) is 0 Å². The summed E-state index contributed by atoms with van der Waals surface area (Å²) in [6, 6.07) is 8.03. The second-order valence-electron chi connectivity index (χ2n) is 8.06. The maximum Gasteiger partial charge on any atom is 0.230 e. The number of nitrogens with one attached hydrogen (secondary N) is 1. The molecule has 1 aromatic rings. The van der Waals surface area contributed by atoms with E-state index in [9.17, 15) is 4.79 Å². The zero-order valence-electron chi connectivity index (χ0n) is 15.4. The quantitative estimate of drug-likeness (QED) is 0.850. The fourth-order valence-corrected chi connectivity index (χ4v) is 5.42. The Kier molecular flexibility index (Phi) is 5.27. The highest BCUT2D eigenvalue weighted by atomic mass is 35.5. The van der Waals surface area contributed by atoms with Crippen LogP contribution in [0.25, 0.3) is 0 Å². The van der Waals surface area contributed by atoms with Gasteiger partial charge in [0.2, 0.25) is 5.91 Å². The van der Waals surface area contributed by atoms with Crippen molar-refractivity contribution in [2.75, 3.05) is 20.3 Å². The van der Waals surface area contributed by atoms with Gasteiger partial charge < -0.3 is 14.8 Å². The summed E-state index contributed by atoms with van der Waals surface area (Å²) in [4.78, 5) is 13.5. The van der Waals surface area contributed by atoms with Crippen LogP contribution in [0.4, 0.5) is 0 Å². The summed E-state index contributed by atoms with van der Waals surface area (Å²) in [6.45, 7) is 1.43. The van der Waals surface area contributed by atoms with Gasteiger partial charge in [0, 0.05) is 36.6 Å². The third-order valence-corrected chi connectivity index (χ3v) is 6.98. The molecule has 0 bridgehead atoms. The number of benzene rings is 1. The van der Waals surface area contributed by atoms with E-state index in [-0.39, 0.29) is 24.0 Å². The van der Waals surface area contributed by atoms with Crippen LogP contribution in [0.3, 0.4) is 0 Å². The molecule has 0 radical (unpaired) electrons. The molecule has 142 valence electrons. The maximum absolute atomic E-state index is 13.5. The molecule has 1 heterocycles. The summed E-state index contributed by atoms with van der Waals surface area (Å²) in [5, 5.41) is 4.13. The number of hydrogen-bond acceptors (Lipinski definition) is 3. The predicted molar refractivity (Wildman–Crippen MR) is 101 cm³/mol. The fraction of sp³-hybridized carbons (Fsp3) is 0.667. The van der Waals surface area contributed by atoms with Crippen LogP contribution < -0.4 is 5.32 Å². The molecule has 4 atom stereocenters. The molecule has 0 aromatic heterocycles. The molecule has 3 aliphatic rings. The molecule has 1 aromatic carbocycles. The Labute approximate surface area is 160 Å². The summed E-state index contributed by atoms with van der Waals surface area (Å²) in [5.41, 5.74) is 0.673. The van der Waals surface area contributed by atoms with Gasteiger partial charge in [-0.05, 0) is 37.0 Å². The van der Waals surface area contributed by atoms with Crippen molar-refractivity contribution in [3.05, 3.63) is 34.9 Å². The second-order valence-corrected chi connectivity index (χ2v) is 8.49. The van der Waals surface area contributed by atoms with E-state index in [1.807, 2.05) is 24.3 Å². The topological polar surface area (TPSA) is 47.6 Å². The number of halogens is 1. The van der Waals surface area contributed by atoms with E-state index < -0.39 is 5.41 Å². The lowest BCUT2D eigenvalue weighted by Gasteiger charge is -2.49. The van der Waals surface area contributed by atoms with Crippen molar-refractivity contribution < 1.29 is 14.3 Å². The van der Waals surface area contributed by atoms with Crippen LogP contribution in [0.2, 0.25) is 5.02 Å². The van der Waals surface area contributed by atoms with Crippen LogP contribution in [0.15, 0.2) is 24.3 Å². The summed E-state index contributed by atoms with van der Waals surface area (Å²) in [6.07, 6.45) is 6.49. The van der Waals surface area contributed by atoms with Gasteiger partial charge in [0.15, 0.2) is 0 Å². The van der Waals surface area contributed by atoms with E-state index in [0.717, 1.165) is 44.3 Å². The first-order valence-corrected chi connectivity index (χ1v) is 10.2. The Hall–Kier alpha value is -1.10. The van der Waals surface area contributed by atoms with Crippen molar-refractivity contribution in [1.29, 1.82) is 0 Å². The number of carbonyl (C=O) groups is 1. The van der Waals surface area contributed by atoms with Gasteiger partial charge in [0.05, 0.1) is 18.1 Å². The van der Waals surface area contributed by atoms with Crippen LogP contribution in [0, 0.1) is 11.8 Å². The zero-order valence-corrected chi connectivity index (χ0v) is 16.1. The van der Waals surface area contributed by atoms with Crippen molar-refractivity contribution >= 4 is 17.5 Å². The normalized spacial score (nSPS) is 32.5. The van der Waals surface area contributed by atoms with Crippen molar-refractivity contribution in [3.63, 3.8) is 0 Å². The molecule has 1 aliphatic heterocycles. The summed E-state index contributed by atoms with van der Waals surface area (Å²) in [5.74, 6) is 0.878. The van der Waals surface area contributed by atoms with Crippen LogP contribution in [-0.2, 0) is 19.7 Å².